The molecule has 2 amide bonds. The average molecular weight is 373 g/mol. The molecule has 26 heavy (non-hydrogen) atoms. The maximum atomic E-state index is 11.8. The first-order valence-electron chi connectivity index (χ1n) is 7.61. The summed E-state index contributed by atoms with van der Waals surface area (Å²) in [4.78, 5) is 34.2. The van der Waals surface area contributed by atoms with Crippen LogP contribution in [-0.4, -0.2) is 33.1 Å². The number of carboxylic acid groups (broad SMARTS) is 1. The number of aromatic carboxylic acids is 1. The van der Waals surface area contributed by atoms with Gasteiger partial charge >= 0.3 is 5.97 Å². The summed E-state index contributed by atoms with van der Waals surface area (Å²) in [6.45, 7) is 2.73. The van der Waals surface area contributed by atoms with Gasteiger partial charge in [-0.2, -0.15) is 0 Å². The number of thioether (sulfide) groups is 1. The molecule has 1 aromatic heterocycles. The normalized spacial score (nSPS) is 16.3. The molecule has 0 radical (unpaired) electrons. The molecule has 2 N–H and O–H groups in total. The van der Waals surface area contributed by atoms with Crippen molar-refractivity contribution >= 4 is 34.7 Å². The summed E-state index contributed by atoms with van der Waals surface area (Å²) < 4.78 is 5.83. The van der Waals surface area contributed by atoms with E-state index in [-0.39, 0.29) is 17.4 Å². The third kappa shape index (κ3) is 3.62. The zero-order valence-electron chi connectivity index (χ0n) is 13.9. The highest BCUT2D eigenvalue weighted by Crippen LogP contribution is 2.40. The van der Waals surface area contributed by atoms with E-state index >= 15 is 0 Å². The second-order valence-corrected chi connectivity index (χ2v) is 6.58. The molecule has 1 unspecified atom stereocenters. The highest BCUT2D eigenvalue weighted by molar-refractivity contribution is 8.14. The van der Waals surface area contributed by atoms with Crippen molar-refractivity contribution in [1.82, 2.24) is 10.3 Å². The molecule has 1 aliphatic heterocycles. The third-order valence-electron chi connectivity index (χ3n) is 3.51. The molecule has 0 aliphatic carbocycles. The molecule has 1 aromatic carbocycles. The maximum absolute atomic E-state index is 11.8. The number of rotatable bonds is 3. The van der Waals surface area contributed by atoms with E-state index in [0.717, 1.165) is 0 Å². The summed E-state index contributed by atoms with van der Waals surface area (Å²) in [7, 11) is 0. The maximum Gasteiger partial charge on any atom is 0.335 e. The highest BCUT2D eigenvalue weighted by Gasteiger charge is 2.34. The van der Waals surface area contributed by atoms with E-state index in [0.29, 0.717) is 22.3 Å². The largest absolute Gasteiger partial charge is 0.478 e. The minimum atomic E-state index is -1.03. The van der Waals surface area contributed by atoms with Crippen molar-refractivity contribution < 1.29 is 23.9 Å². The molecule has 0 fully saturated rings. The van der Waals surface area contributed by atoms with Crippen molar-refractivity contribution in [2.45, 2.75) is 19.2 Å². The van der Waals surface area contributed by atoms with Gasteiger partial charge < -0.3 is 14.8 Å². The number of amidine groups is 1. The molecule has 2 aromatic rings. The molecule has 2 heterocycles. The molecule has 8 nitrogen and oxygen atoms in total. The second kappa shape index (κ2) is 7.04. The van der Waals surface area contributed by atoms with E-state index in [2.05, 4.69) is 10.4 Å². The Balaban J connectivity index is 1.87. The van der Waals surface area contributed by atoms with Crippen LogP contribution >= 0.6 is 11.8 Å². The number of carboxylic acids is 1. The summed E-state index contributed by atoms with van der Waals surface area (Å²) in [5.41, 5.74) is 0.758. The van der Waals surface area contributed by atoms with Crippen LogP contribution in [0.2, 0.25) is 0 Å². The summed E-state index contributed by atoms with van der Waals surface area (Å²) in [6.07, 6.45) is 0. The number of nitrogens with one attached hydrogen (secondary N) is 1. The van der Waals surface area contributed by atoms with Crippen LogP contribution in [0.25, 0.3) is 11.3 Å². The van der Waals surface area contributed by atoms with Gasteiger partial charge in [0.15, 0.2) is 10.5 Å². The summed E-state index contributed by atoms with van der Waals surface area (Å²) in [6, 6.07) is 9.76. The van der Waals surface area contributed by atoms with Crippen molar-refractivity contribution in [2.75, 3.05) is 0 Å². The summed E-state index contributed by atoms with van der Waals surface area (Å²) in [5.74, 6) is -0.675. The van der Waals surface area contributed by atoms with Gasteiger partial charge in [-0.1, -0.05) is 23.9 Å². The van der Waals surface area contributed by atoms with Crippen LogP contribution in [-0.2, 0) is 9.59 Å². The summed E-state index contributed by atoms with van der Waals surface area (Å²) in [5, 5.41) is 16.7. The fourth-order valence-electron chi connectivity index (χ4n) is 2.39. The minimum absolute atomic E-state index is 0.150. The van der Waals surface area contributed by atoms with Crippen molar-refractivity contribution in [3.63, 3.8) is 0 Å². The van der Waals surface area contributed by atoms with Gasteiger partial charge in [-0.3, -0.25) is 9.59 Å². The molecule has 0 spiro atoms. The smallest absolute Gasteiger partial charge is 0.335 e. The van der Waals surface area contributed by atoms with E-state index in [9.17, 15) is 14.4 Å². The van der Waals surface area contributed by atoms with Crippen LogP contribution in [0.5, 0.6) is 0 Å². The van der Waals surface area contributed by atoms with Gasteiger partial charge in [-0.05, 0) is 24.3 Å². The topological polar surface area (TPSA) is 112 Å². The Morgan fingerprint density at radius 3 is 2.65 bits per heavy atom. The lowest BCUT2D eigenvalue weighted by molar-refractivity contribution is -0.129. The molecule has 1 atom stereocenters. The minimum Gasteiger partial charge on any atom is -0.478 e. The van der Waals surface area contributed by atoms with Crippen LogP contribution < -0.4 is 5.32 Å². The van der Waals surface area contributed by atoms with E-state index in [1.165, 1.54) is 42.8 Å². The van der Waals surface area contributed by atoms with Gasteiger partial charge in [0.2, 0.25) is 11.8 Å². The lowest BCUT2D eigenvalue weighted by atomic mass is 10.1. The number of hydrogen-bond donors (Lipinski definition) is 2. The Morgan fingerprint density at radius 1 is 1.23 bits per heavy atom. The molecule has 1 aliphatic rings. The summed E-state index contributed by atoms with van der Waals surface area (Å²) >= 11 is 1.18. The monoisotopic (exact) mass is 373 g/mol. The van der Waals surface area contributed by atoms with E-state index in [4.69, 9.17) is 9.52 Å². The Morgan fingerprint density at radius 2 is 2.00 bits per heavy atom. The van der Waals surface area contributed by atoms with Crippen LogP contribution in [0, 0.1) is 0 Å². The number of benzene rings is 1. The standard InChI is InChI=1S/C17H15N3O5S/c1-9(21)18-17-19-20(10(2)22)15(26-17)14-7-6-13(25-14)11-4-3-5-12(8-11)16(23)24/h3-8,15H,1-2H3,(H,23,24)(H,18,19,21). The second-order valence-electron chi connectivity index (χ2n) is 5.51. The molecule has 0 bridgehead atoms. The van der Waals surface area contributed by atoms with E-state index < -0.39 is 11.3 Å². The zero-order chi connectivity index (χ0) is 18.8. The van der Waals surface area contributed by atoms with Crippen molar-refractivity contribution in [3.05, 3.63) is 47.7 Å². The SMILES string of the molecule is CC(=O)NC1=NN(C(C)=O)C(c2ccc(-c3cccc(C(=O)O)c3)o2)S1. The Labute approximate surface area is 152 Å². The van der Waals surface area contributed by atoms with Gasteiger partial charge in [0.05, 0.1) is 5.56 Å². The Hall–Kier alpha value is -3.07. The molecule has 0 saturated carbocycles. The number of amides is 2. The molecular weight excluding hydrogens is 358 g/mol. The Kier molecular flexibility index (Phi) is 4.81. The quantitative estimate of drug-likeness (QED) is 0.855. The van der Waals surface area contributed by atoms with Crippen LogP contribution in [0.1, 0.15) is 35.3 Å². The molecular formula is C17H15N3O5S. The Bertz CT molecular complexity index is 921. The van der Waals surface area contributed by atoms with E-state index in [1.54, 1.807) is 24.3 Å². The van der Waals surface area contributed by atoms with Crippen molar-refractivity contribution in [2.24, 2.45) is 5.10 Å². The number of carbonyl (C=O) groups is 3. The average Bonchev–Trinajstić information content (AvgIpc) is 3.21. The number of carbonyl (C=O) groups excluding carboxylic acids is 2. The van der Waals surface area contributed by atoms with Crippen LogP contribution in [0.15, 0.2) is 45.9 Å². The third-order valence-corrected chi connectivity index (χ3v) is 4.58. The van der Waals surface area contributed by atoms with Gasteiger partial charge in [0.25, 0.3) is 0 Å². The van der Waals surface area contributed by atoms with Crippen molar-refractivity contribution in [3.8, 4) is 11.3 Å². The van der Waals surface area contributed by atoms with Crippen LogP contribution in [0.4, 0.5) is 0 Å². The highest BCUT2D eigenvalue weighted by atomic mass is 32.2. The van der Waals surface area contributed by atoms with Crippen molar-refractivity contribution in [1.29, 1.82) is 0 Å². The van der Waals surface area contributed by atoms with Gasteiger partial charge in [-0.25, -0.2) is 9.80 Å². The van der Waals surface area contributed by atoms with Gasteiger partial charge in [0, 0.05) is 19.4 Å². The predicted octanol–water partition coefficient (Wildman–Crippen LogP) is 2.65. The van der Waals surface area contributed by atoms with Crippen LogP contribution in [0.3, 0.4) is 0 Å². The molecule has 0 saturated heterocycles. The fraction of sp³-hybridized carbons (Fsp3) is 0.176. The zero-order valence-corrected chi connectivity index (χ0v) is 14.7. The van der Waals surface area contributed by atoms with E-state index in [1.807, 2.05) is 0 Å². The molecule has 134 valence electrons. The first kappa shape index (κ1) is 17.7. The lowest BCUT2D eigenvalue weighted by Crippen LogP contribution is -2.25. The number of hydrazone groups is 1. The predicted molar refractivity (Wildman–Crippen MR) is 95.2 cm³/mol. The fourth-order valence-corrected chi connectivity index (χ4v) is 3.48. The number of hydrogen-bond acceptors (Lipinski definition) is 6. The number of furan rings is 1. The lowest BCUT2D eigenvalue weighted by Gasteiger charge is -2.16. The number of nitrogens with zero attached hydrogens (tertiary/aromatic N) is 2. The molecule has 9 heteroatoms. The van der Waals surface area contributed by atoms with Gasteiger partial charge in [-0.15, -0.1) is 5.10 Å². The van der Waals surface area contributed by atoms with Gasteiger partial charge in [0.1, 0.15) is 11.5 Å². The first-order chi connectivity index (χ1) is 12.3. The first-order valence-corrected chi connectivity index (χ1v) is 8.49. The molecule has 3 rings (SSSR count).